The van der Waals surface area contributed by atoms with Crippen LogP contribution in [0.15, 0.2) is 85.5 Å². The highest BCUT2D eigenvalue weighted by molar-refractivity contribution is 9.11. The lowest BCUT2D eigenvalue weighted by Crippen LogP contribution is -2.38. The first-order valence-corrected chi connectivity index (χ1v) is 10.8. The highest BCUT2D eigenvalue weighted by atomic mass is 79.9. The zero-order valence-corrected chi connectivity index (χ0v) is 18.3. The SMILES string of the molecule is CC(Oc1ccc(Br)cc1Br)C(=O)N1c2ccccc2Sc2ccccc21. The molecule has 3 nitrogen and oxygen atoms in total. The first-order chi connectivity index (χ1) is 13.0. The van der Waals surface area contributed by atoms with Gasteiger partial charge in [-0.25, -0.2) is 0 Å². The summed E-state index contributed by atoms with van der Waals surface area (Å²) in [5, 5.41) is 0. The highest BCUT2D eigenvalue weighted by Crippen LogP contribution is 2.48. The van der Waals surface area contributed by atoms with Gasteiger partial charge in [-0.3, -0.25) is 9.69 Å². The van der Waals surface area contributed by atoms with Gasteiger partial charge in [-0.2, -0.15) is 0 Å². The molecule has 0 spiro atoms. The molecule has 0 fully saturated rings. The van der Waals surface area contributed by atoms with Gasteiger partial charge in [0.1, 0.15) is 5.75 Å². The molecule has 0 saturated heterocycles. The molecule has 1 aliphatic heterocycles. The summed E-state index contributed by atoms with van der Waals surface area (Å²) in [6, 6.07) is 21.5. The number of carbonyl (C=O) groups is 1. The van der Waals surface area contributed by atoms with Crippen LogP contribution < -0.4 is 9.64 Å². The second-order valence-corrected chi connectivity index (χ2v) is 8.90. The Morgan fingerprint density at radius 3 is 2.15 bits per heavy atom. The predicted octanol–water partition coefficient (Wildman–Crippen LogP) is 6.81. The molecule has 1 unspecified atom stereocenters. The van der Waals surface area contributed by atoms with Crippen molar-refractivity contribution >= 4 is 60.9 Å². The van der Waals surface area contributed by atoms with Gasteiger partial charge in [-0.15, -0.1) is 0 Å². The Morgan fingerprint density at radius 1 is 0.963 bits per heavy atom. The van der Waals surface area contributed by atoms with Crippen LogP contribution >= 0.6 is 43.6 Å². The van der Waals surface area contributed by atoms with Gasteiger partial charge in [-0.05, 0) is 65.3 Å². The molecule has 3 aromatic carbocycles. The molecule has 3 aromatic rings. The quantitative estimate of drug-likeness (QED) is 0.392. The summed E-state index contributed by atoms with van der Waals surface area (Å²) in [7, 11) is 0. The van der Waals surface area contributed by atoms with Gasteiger partial charge in [0.25, 0.3) is 5.91 Å². The van der Waals surface area contributed by atoms with Crippen molar-refractivity contribution in [2.45, 2.75) is 22.8 Å². The smallest absolute Gasteiger partial charge is 0.272 e. The largest absolute Gasteiger partial charge is 0.480 e. The van der Waals surface area contributed by atoms with Crippen molar-refractivity contribution in [2.24, 2.45) is 0 Å². The molecule has 1 amide bonds. The van der Waals surface area contributed by atoms with Gasteiger partial charge in [0.2, 0.25) is 0 Å². The van der Waals surface area contributed by atoms with Crippen LogP contribution in [0.5, 0.6) is 5.75 Å². The molecule has 0 aliphatic carbocycles. The third kappa shape index (κ3) is 3.66. The molecule has 1 heterocycles. The maximum absolute atomic E-state index is 13.4. The van der Waals surface area contributed by atoms with E-state index in [1.54, 1.807) is 23.6 Å². The summed E-state index contributed by atoms with van der Waals surface area (Å²) in [4.78, 5) is 17.2. The maximum atomic E-state index is 13.4. The zero-order valence-electron chi connectivity index (χ0n) is 14.4. The van der Waals surface area contributed by atoms with Crippen molar-refractivity contribution in [1.82, 2.24) is 0 Å². The number of hydrogen-bond acceptors (Lipinski definition) is 3. The van der Waals surface area contributed by atoms with Gasteiger partial charge in [0.05, 0.1) is 15.8 Å². The van der Waals surface area contributed by atoms with Crippen LogP contribution in [0.3, 0.4) is 0 Å². The molecule has 136 valence electrons. The van der Waals surface area contributed by atoms with Crippen molar-refractivity contribution < 1.29 is 9.53 Å². The standard InChI is InChI=1S/C21H15Br2NO2S/c1-13(26-18-11-10-14(22)12-15(18)23)21(25)24-16-6-2-4-8-19(16)27-20-9-5-3-7-17(20)24/h2-13H,1H3. The van der Waals surface area contributed by atoms with E-state index in [-0.39, 0.29) is 5.91 Å². The Kier molecular flexibility index (Phi) is 5.30. The fourth-order valence-corrected chi connectivity index (χ4v) is 5.13. The minimum atomic E-state index is -0.647. The summed E-state index contributed by atoms with van der Waals surface area (Å²) in [5.41, 5.74) is 1.77. The van der Waals surface area contributed by atoms with Crippen molar-refractivity contribution in [3.63, 3.8) is 0 Å². The summed E-state index contributed by atoms with van der Waals surface area (Å²) < 4.78 is 7.72. The number of fused-ring (bicyclic) bond motifs is 2. The lowest BCUT2D eigenvalue weighted by molar-refractivity contribution is -0.123. The Balaban J connectivity index is 1.69. The van der Waals surface area contributed by atoms with E-state index in [4.69, 9.17) is 4.74 Å². The lowest BCUT2D eigenvalue weighted by atomic mass is 10.2. The molecule has 6 heteroatoms. The molecule has 27 heavy (non-hydrogen) atoms. The van der Waals surface area contributed by atoms with Crippen LogP contribution in [0.2, 0.25) is 0 Å². The van der Waals surface area contributed by atoms with E-state index in [2.05, 4.69) is 31.9 Å². The average Bonchev–Trinajstić information content (AvgIpc) is 2.67. The number of amides is 1. The fraction of sp³-hybridized carbons (Fsp3) is 0.0952. The van der Waals surface area contributed by atoms with Crippen LogP contribution in [0.4, 0.5) is 11.4 Å². The fourth-order valence-electron chi connectivity index (χ4n) is 2.94. The van der Waals surface area contributed by atoms with E-state index >= 15 is 0 Å². The highest BCUT2D eigenvalue weighted by Gasteiger charge is 2.31. The monoisotopic (exact) mass is 503 g/mol. The number of para-hydroxylation sites is 2. The average molecular weight is 505 g/mol. The third-order valence-corrected chi connectivity index (χ3v) is 6.44. The number of anilines is 2. The Labute approximate surface area is 179 Å². The van der Waals surface area contributed by atoms with Gasteiger partial charge in [-0.1, -0.05) is 52.0 Å². The van der Waals surface area contributed by atoms with Gasteiger partial charge in [0.15, 0.2) is 6.10 Å². The Hall–Kier alpha value is -1.76. The minimum Gasteiger partial charge on any atom is -0.480 e. The number of halogens is 2. The van der Waals surface area contributed by atoms with E-state index in [0.29, 0.717) is 5.75 Å². The maximum Gasteiger partial charge on any atom is 0.272 e. The Bertz CT molecular complexity index is 979. The van der Waals surface area contributed by atoms with Crippen molar-refractivity contribution in [2.75, 3.05) is 4.90 Å². The van der Waals surface area contributed by atoms with E-state index in [0.717, 1.165) is 30.1 Å². The van der Waals surface area contributed by atoms with Crippen molar-refractivity contribution in [1.29, 1.82) is 0 Å². The third-order valence-electron chi connectivity index (χ3n) is 4.20. The topological polar surface area (TPSA) is 29.5 Å². The molecule has 0 radical (unpaired) electrons. The second-order valence-electron chi connectivity index (χ2n) is 6.05. The molecule has 0 bridgehead atoms. The van der Waals surface area contributed by atoms with Crippen LogP contribution in [0, 0.1) is 0 Å². The van der Waals surface area contributed by atoms with Crippen LogP contribution in [-0.2, 0) is 4.79 Å². The second kappa shape index (κ2) is 7.70. The molecule has 0 aromatic heterocycles. The summed E-state index contributed by atoms with van der Waals surface area (Å²) in [6.07, 6.45) is -0.647. The number of nitrogens with zero attached hydrogens (tertiary/aromatic N) is 1. The van der Waals surface area contributed by atoms with Crippen LogP contribution in [0.1, 0.15) is 6.92 Å². The summed E-state index contributed by atoms with van der Waals surface area (Å²) >= 11 is 8.59. The van der Waals surface area contributed by atoms with E-state index in [1.165, 1.54) is 0 Å². The minimum absolute atomic E-state index is 0.106. The lowest BCUT2D eigenvalue weighted by Gasteiger charge is -2.32. The number of ether oxygens (including phenoxy) is 1. The molecule has 0 saturated carbocycles. The van der Waals surface area contributed by atoms with E-state index < -0.39 is 6.10 Å². The van der Waals surface area contributed by atoms with E-state index in [9.17, 15) is 4.79 Å². The van der Waals surface area contributed by atoms with E-state index in [1.807, 2.05) is 66.7 Å². The number of benzene rings is 3. The first kappa shape index (κ1) is 18.6. The van der Waals surface area contributed by atoms with Gasteiger partial charge < -0.3 is 4.74 Å². The summed E-state index contributed by atoms with van der Waals surface area (Å²) in [5.74, 6) is 0.525. The van der Waals surface area contributed by atoms with Crippen LogP contribution in [0.25, 0.3) is 0 Å². The Morgan fingerprint density at radius 2 is 1.56 bits per heavy atom. The molecular weight excluding hydrogens is 490 g/mol. The first-order valence-electron chi connectivity index (χ1n) is 8.36. The zero-order chi connectivity index (χ0) is 19.0. The number of rotatable bonds is 3. The molecule has 0 N–H and O–H groups in total. The van der Waals surface area contributed by atoms with Gasteiger partial charge in [0, 0.05) is 14.3 Å². The number of carbonyl (C=O) groups excluding carboxylic acids is 1. The molecule has 1 aliphatic rings. The van der Waals surface area contributed by atoms with Crippen LogP contribution in [-0.4, -0.2) is 12.0 Å². The molecular formula is C21H15Br2NO2S. The molecule has 4 rings (SSSR count). The number of hydrogen-bond donors (Lipinski definition) is 0. The van der Waals surface area contributed by atoms with Crippen molar-refractivity contribution in [3.8, 4) is 5.75 Å². The predicted molar refractivity (Wildman–Crippen MR) is 116 cm³/mol. The van der Waals surface area contributed by atoms with Crippen molar-refractivity contribution in [3.05, 3.63) is 75.7 Å². The molecule has 1 atom stereocenters. The summed E-state index contributed by atoms with van der Waals surface area (Å²) in [6.45, 7) is 1.78. The normalized spacial score (nSPS) is 13.5. The van der Waals surface area contributed by atoms with Gasteiger partial charge >= 0.3 is 0 Å².